The normalized spacial score (nSPS) is 15.3. The van der Waals surface area contributed by atoms with Gasteiger partial charge < -0.3 is 14.2 Å². The number of allylic oxidation sites excluding steroid dienone is 1. The molecule has 1 aliphatic rings. The average molecular weight is 536 g/mol. The SMILES string of the molecule is C=CCc1cc(/C=C2/SC(=O)N([C@@H](C)C(=O)OC)C2=O)cc(OC)c1OCc1ccc(Cl)cc1Cl. The summed E-state index contributed by atoms with van der Waals surface area (Å²) in [6, 6.07) is 7.64. The van der Waals surface area contributed by atoms with E-state index in [0.717, 1.165) is 27.8 Å². The molecule has 7 nitrogen and oxygen atoms in total. The van der Waals surface area contributed by atoms with Crippen LogP contribution in [-0.4, -0.2) is 42.3 Å². The Hall–Kier alpha value is -2.94. The fourth-order valence-electron chi connectivity index (χ4n) is 3.42. The Balaban J connectivity index is 1.93. The van der Waals surface area contributed by atoms with Crippen molar-refractivity contribution in [2.24, 2.45) is 0 Å². The lowest BCUT2D eigenvalue weighted by Gasteiger charge is -2.18. The number of ether oxygens (including phenoxy) is 3. The molecule has 0 radical (unpaired) electrons. The Kier molecular flexibility index (Phi) is 8.88. The molecular formula is C25H23Cl2NO6S. The zero-order valence-corrected chi connectivity index (χ0v) is 21.6. The lowest BCUT2D eigenvalue weighted by Crippen LogP contribution is -2.42. The van der Waals surface area contributed by atoms with Crippen LogP contribution in [0.3, 0.4) is 0 Å². The second kappa shape index (κ2) is 11.7. The summed E-state index contributed by atoms with van der Waals surface area (Å²) in [7, 11) is 2.70. The van der Waals surface area contributed by atoms with Gasteiger partial charge in [0.25, 0.3) is 11.1 Å². The highest BCUT2D eigenvalue weighted by atomic mass is 35.5. The lowest BCUT2D eigenvalue weighted by atomic mass is 10.0. The maximum Gasteiger partial charge on any atom is 0.328 e. The first kappa shape index (κ1) is 26.7. The molecule has 1 saturated heterocycles. The highest BCUT2D eigenvalue weighted by molar-refractivity contribution is 8.18. The molecular weight excluding hydrogens is 513 g/mol. The summed E-state index contributed by atoms with van der Waals surface area (Å²) >= 11 is 13.0. The number of thioether (sulfide) groups is 1. The van der Waals surface area contributed by atoms with Gasteiger partial charge in [-0.25, -0.2) is 4.79 Å². The van der Waals surface area contributed by atoms with Crippen molar-refractivity contribution in [1.29, 1.82) is 0 Å². The van der Waals surface area contributed by atoms with Crippen LogP contribution in [0.15, 0.2) is 47.9 Å². The number of carbonyl (C=O) groups excluding carboxylic acids is 3. The van der Waals surface area contributed by atoms with E-state index in [0.29, 0.717) is 33.5 Å². The van der Waals surface area contributed by atoms with Crippen LogP contribution in [-0.2, 0) is 27.4 Å². The van der Waals surface area contributed by atoms with E-state index >= 15 is 0 Å². The molecule has 0 spiro atoms. The van der Waals surface area contributed by atoms with Crippen LogP contribution in [0.4, 0.5) is 4.79 Å². The lowest BCUT2D eigenvalue weighted by molar-refractivity contribution is -0.148. The van der Waals surface area contributed by atoms with Gasteiger partial charge in [-0.2, -0.15) is 0 Å². The number of methoxy groups -OCH3 is 2. The number of hydrogen-bond acceptors (Lipinski definition) is 7. The molecule has 2 aromatic carbocycles. The summed E-state index contributed by atoms with van der Waals surface area (Å²) in [5, 5.41) is 0.464. The molecule has 0 unspecified atom stereocenters. The minimum Gasteiger partial charge on any atom is -0.493 e. The van der Waals surface area contributed by atoms with Gasteiger partial charge in [0.15, 0.2) is 11.5 Å². The second-order valence-electron chi connectivity index (χ2n) is 7.48. The maximum absolute atomic E-state index is 12.8. The van der Waals surface area contributed by atoms with E-state index in [1.54, 1.807) is 36.4 Å². The molecule has 0 N–H and O–H groups in total. The summed E-state index contributed by atoms with van der Waals surface area (Å²) in [4.78, 5) is 38.2. The van der Waals surface area contributed by atoms with E-state index < -0.39 is 23.2 Å². The van der Waals surface area contributed by atoms with Crippen molar-refractivity contribution in [2.75, 3.05) is 14.2 Å². The summed E-state index contributed by atoms with van der Waals surface area (Å²) in [5.41, 5.74) is 2.13. The molecule has 3 rings (SSSR count). The van der Waals surface area contributed by atoms with E-state index in [1.165, 1.54) is 21.1 Å². The number of amides is 2. The summed E-state index contributed by atoms with van der Waals surface area (Å²) in [5.74, 6) is -0.309. The minimum atomic E-state index is -1.03. The summed E-state index contributed by atoms with van der Waals surface area (Å²) in [6.45, 7) is 5.42. The van der Waals surface area contributed by atoms with Gasteiger partial charge in [0, 0.05) is 21.2 Å². The van der Waals surface area contributed by atoms with Gasteiger partial charge in [0.05, 0.1) is 19.1 Å². The van der Waals surface area contributed by atoms with Crippen molar-refractivity contribution in [3.8, 4) is 11.5 Å². The van der Waals surface area contributed by atoms with Crippen molar-refractivity contribution in [3.05, 3.63) is 74.6 Å². The first-order chi connectivity index (χ1) is 16.7. The number of rotatable bonds is 9. The Morgan fingerprint density at radius 1 is 1.17 bits per heavy atom. The largest absolute Gasteiger partial charge is 0.493 e. The van der Waals surface area contributed by atoms with Crippen molar-refractivity contribution >= 4 is 58.2 Å². The molecule has 2 amide bonds. The van der Waals surface area contributed by atoms with E-state index in [-0.39, 0.29) is 11.5 Å². The van der Waals surface area contributed by atoms with Crippen LogP contribution in [0.25, 0.3) is 6.08 Å². The highest BCUT2D eigenvalue weighted by Gasteiger charge is 2.41. The molecule has 2 aromatic rings. The molecule has 0 bridgehead atoms. The van der Waals surface area contributed by atoms with Crippen LogP contribution in [0.5, 0.6) is 11.5 Å². The third kappa shape index (κ3) is 6.01. The molecule has 1 fully saturated rings. The van der Waals surface area contributed by atoms with Crippen LogP contribution < -0.4 is 9.47 Å². The number of carbonyl (C=O) groups is 3. The molecule has 0 aromatic heterocycles. The number of esters is 1. The number of halogens is 2. The zero-order chi connectivity index (χ0) is 25.7. The fourth-order valence-corrected chi connectivity index (χ4v) is 4.79. The average Bonchev–Trinajstić information content (AvgIpc) is 3.10. The van der Waals surface area contributed by atoms with Gasteiger partial charge >= 0.3 is 5.97 Å². The fraction of sp³-hybridized carbons (Fsp3) is 0.240. The first-order valence-electron chi connectivity index (χ1n) is 10.4. The van der Waals surface area contributed by atoms with Crippen molar-refractivity contribution in [3.63, 3.8) is 0 Å². The van der Waals surface area contributed by atoms with Crippen molar-refractivity contribution < 1.29 is 28.6 Å². The molecule has 1 aliphatic heterocycles. The smallest absolute Gasteiger partial charge is 0.328 e. The predicted octanol–water partition coefficient (Wildman–Crippen LogP) is 5.91. The molecule has 0 saturated carbocycles. The molecule has 0 aliphatic carbocycles. The van der Waals surface area contributed by atoms with E-state index in [9.17, 15) is 14.4 Å². The van der Waals surface area contributed by atoms with Gasteiger partial charge in [-0.1, -0.05) is 35.3 Å². The molecule has 35 heavy (non-hydrogen) atoms. The van der Waals surface area contributed by atoms with Crippen LogP contribution in [0, 0.1) is 0 Å². The number of hydrogen-bond donors (Lipinski definition) is 0. The van der Waals surface area contributed by atoms with Crippen LogP contribution >= 0.6 is 35.0 Å². The zero-order valence-electron chi connectivity index (χ0n) is 19.3. The Morgan fingerprint density at radius 2 is 1.91 bits per heavy atom. The maximum atomic E-state index is 12.8. The van der Waals surface area contributed by atoms with E-state index in [4.69, 9.17) is 32.7 Å². The topological polar surface area (TPSA) is 82.1 Å². The third-order valence-corrected chi connectivity index (χ3v) is 6.65. The summed E-state index contributed by atoms with van der Waals surface area (Å²) < 4.78 is 16.3. The Bertz CT molecular complexity index is 1210. The Morgan fingerprint density at radius 3 is 2.54 bits per heavy atom. The number of benzene rings is 2. The van der Waals surface area contributed by atoms with E-state index in [2.05, 4.69) is 11.3 Å². The first-order valence-corrected chi connectivity index (χ1v) is 12.0. The van der Waals surface area contributed by atoms with Crippen LogP contribution in [0.2, 0.25) is 10.0 Å². The molecule has 184 valence electrons. The van der Waals surface area contributed by atoms with Crippen LogP contribution in [0.1, 0.15) is 23.6 Å². The molecule has 1 atom stereocenters. The van der Waals surface area contributed by atoms with Gasteiger partial charge in [-0.05, 0) is 61.0 Å². The number of nitrogens with zero attached hydrogens (tertiary/aromatic N) is 1. The van der Waals surface area contributed by atoms with Gasteiger partial charge in [-0.3, -0.25) is 14.5 Å². The molecule has 10 heteroatoms. The monoisotopic (exact) mass is 535 g/mol. The molecule has 1 heterocycles. The van der Waals surface area contributed by atoms with Gasteiger partial charge in [0.1, 0.15) is 12.6 Å². The number of imide groups is 1. The van der Waals surface area contributed by atoms with E-state index in [1.807, 2.05) is 6.07 Å². The van der Waals surface area contributed by atoms with Gasteiger partial charge in [0.2, 0.25) is 0 Å². The Labute approximate surface area is 217 Å². The van der Waals surface area contributed by atoms with Crippen molar-refractivity contribution in [2.45, 2.75) is 26.0 Å². The van der Waals surface area contributed by atoms with Crippen molar-refractivity contribution in [1.82, 2.24) is 4.90 Å². The second-order valence-corrected chi connectivity index (χ2v) is 9.32. The van der Waals surface area contributed by atoms with Gasteiger partial charge in [-0.15, -0.1) is 6.58 Å². The third-order valence-electron chi connectivity index (χ3n) is 5.18. The quantitative estimate of drug-likeness (QED) is 0.224. The predicted molar refractivity (Wildman–Crippen MR) is 137 cm³/mol. The highest BCUT2D eigenvalue weighted by Crippen LogP contribution is 2.38. The summed E-state index contributed by atoms with van der Waals surface area (Å²) in [6.07, 6.45) is 3.75. The minimum absolute atomic E-state index is 0.180. The standard InChI is InChI=1S/C25H23Cl2NO6S/c1-5-6-16-9-15(11-21-23(29)28(25(31)35-21)14(2)24(30)33-4)10-20(32-3)22(16)34-13-17-7-8-18(26)12-19(17)27/h5,7-12,14H,1,6,13H2,2-4H3/b21-11+/t14-/m0/s1.